The van der Waals surface area contributed by atoms with Gasteiger partial charge in [0.15, 0.2) is 5.75 Å². The van der Waals surface area contributed by atoms with E-state index < -0.39 is 26.4 Å². The van der Waals surface area contributed by atoms with Crippen LogP contribution in [0, 0.1) is 10.1 Å². The number of benzene rings is 2. The number of nitrogens with one attached hydrogen (secondary N) is 1. The highest BCUT2D eigenvalue weighted by Gasteiger charge is 2.19. The van der Waals surface area contributed by atoms with Crippen LogP contribution in [0.4, 0.5) is 5.69 Å². The van der Waals surface area contributed by atoms with Crippen molar-refractivity contribution in [2.75, 3.05) is 7.11 Å². The molecular formula is C14H12BrN3O6S. The van der Waals surface area contributed by atoms with Gasteiger partial charge in [0.25, 0.3) is 10.0 Å². The number of ether oxygens (including phenoxy) is 1. The molecule has 25 heavy (non-hydrogen) atoms. The maximum atomic E-state index is 12.1. The normalized spacial score (nSPS) is 11.4. The highest BCUT2D eigenvalue weighted by atomic mass is 79.9. The van der Waals surface area contributed by atoms with Crippen LogP contribution in [0.3, 0.4) is 0 Å². The van der Waals surface area contributed by atoms with Crippen molar-refractivity contribution < 1.29 is 23.2 Å². The van der Waals surface area contributed by atoms with Crippen LogP contribution in [0.1, 0.15) is 5.56 Å². The number of hydrazone groups is 1. The fraction of sp³-hybridized carbons (Fsp3) is 0.0714. The van der Waals surface area contributed by atoms with Gasteiger partial charge in [0, 0.05) is 16.1 Å². The molecule has 0 bridgehead atoms. The largest absolute Gasteiger partial charge is 0.500 e. The Labute approximate surface area is 151 Å². The number of nitro benzene ring substituents is 1. The van der Waals surface area contributed by atoms with Crippen molar-refractivity contribution in [1.29, 1.82) is 0 Å². The Morgan fingerprint density at radius 2 is 1.96 bits per heavy atom. The molecule has 0 aliphatic heterocycles. The number of hydrogen-bond acceptors (Lipinski definition) is 7. The van der Waals surface area contributed by atoms with Gasteiger partial charge in [-0.05, 0) is 30.3 Å². The Balaban J connectivity index is 2.26. The van der Waals surface area contributed by atoms with Crippen molar-refractivity contribution in [2.24, 2.45) is 5.10 Å². The van der Waals surface area contributed by atoms with E-state index >= 15 is 0 Å². The highest BCUT2D eigenvalue weighted by Crippen LogP contribution is 2.36. The molecule has 2 aromatic rings. The van der Waals surface area contributed by atoms with Gasteiger partial charge in [-0.25, -0.2) is 4.83 Å². The molecule has 9 nitrogen and oxygen atoms in total. The summed E-state index contributed by atoms with van der Waals surface area (Å²) in [6.07, 6.45) is 1.06. The summed E-state index contributed by atoms with van der Waals surface area (Å²) in [5.41, 5.74) is -0.420. The number of phenolic OH excluding ortho intramolecular Hbond substituents is 1. The minimum atomic E-state index is -3.88. The summed E-state index contributed by atoms with van der Waals surface area (Å²) in [5.74, 6) is -0.758. The Kier molecular flexibility index (Phi) is 5.59. The van der Waals surface area contributed by atoms with Crippen LogP contribution in [-0.2, 0) is 10.0 Å². The fourth-order valence-electron chi connectivity index (χ4n) is 1.82. The van der Waals surface area contributed by atoms with Gasteiger partial charge in [0.2, 0.25) is 5.75 Å². The van der Waals surface area contributed by atoms with Crippen LogP contribution in [0.25, 0.3) is 0 Å². The van der Waals surface area contributed by atoms with Gasteiger partial charge < -0.3 is 9.84 Å². The number of nitro groups is 1. The second-order valence-electron chi connectivity index (χ2n) is 4.65. The minimum Gasteiger partial charge on any atom is -0.500 e. The van der Waals surface area contributed by atoms with E-state index in [1.807, 2.05) is 4.83 Å². The van der Waals surface area contributed by atoms with Gasteiger partial charge in [-0.2, -0.15) is 13.5 Å². The minimum absolute atomic E-state index is 0.00196. The van der Waals surface area contributed by atoms with Gasteiger partial charge >= 0.3 is 5.69 Å². The number of hydrogen-bond donors (Lipinski definition) is 2. The van der Waals surface area contributed by atoms with E-state index in [0.717, 1.165) is 16.8 Å². The standard InChI is InChI=1S/C14H12BrN3O6S/c1-24-13-7-9(6-12(14(13)19)18(20)21)8-16-17-25(22,23)11-4-2-10(15)3-5-11/h2-8,17,19H,1H3/b16-8-. The number of halogens is 1. The van der Waals surface area contributed by atoms with Crippen molar-refractivity contribution in [3.8, 4) is 11.5 Å². The summed E-state index contributed by atoms with van der Waals surface area (Å²) in [5, 5.41) is 24.2. The van der Waals surface area contributed by atoms with Crippen molar-refractivity contribution in [1.82, 2.24) is 4.83 Å². The number of nitrogens with zero attached hydrogens (tertiary/aromatic N) is 2. The molecule has 2 aromatic carbocycles. The zero-order valence-corrected chi connectivity index (χ0v) is 15.1. The van der Waals surface area contributed by atoms with Crippen molar-refractivity contribution in [3.05, 3.63) is 56.5 Å². The lowest BCUT2D eigenvalue weighted by Crippen LogP contribution is -2.18. The van der Waals surface area contributed by atoms with Crippen LogP contribution < -0.4 is 9.57 Å². The summed E-state index contributed by atoms with van der Waals surface area (Å²) in [6, 6.07) is 8.21. The van der Waals surface area contributed by atoms with E-state index in [4.69, 9.17) is 4.74 Å². The molecule has 0 unspecified atom stereocenters. The topological polar surface area (TPSA) is 131 Å². The quantitative estimate of drug-likeness (QED) is 0.411. The summed E-state index contributed by atoms with van der Waals surface area (Å²) < 4.78 is 29.7. The van der Waals surface area contributed by atoms with Gasteiger partial charge in [-0.1, -0.05) is 15.9 Å². The summed E-state index contributed by atoms with van der Waals surface area (Å²) in [7, 11) is -2.65. The molecule has 0 saturated carbocycles. The monoisotopic (exact) mass is 429 g/mol. The van der Waals surface area contributed by atoms with E-state index in [-0.39, 0.29) is 16.2 Å². The first-order chi connectivity index (χ1) is 11.7. The maximum Gasteiger partial charge on any atom is 0.315 e. The van der Waals surface area contributed by atoms with E-state index in [9.17, 15) is 23.6 Å². The molecule has 0 saturated heterocycles. The number of rotatable bonds is 6. The Morgan fingerprint density at radius 3 is 2.52 bits per heavy atom. The highest BCUT2D eigenvalue weighted by molar-refractivity contribution is 9.10. The first kappa shape index (κ1) is 18.7. The lowest BCUT2D eigenvalue weighted by atomic mass is 10.2. The second-order valence-corrected chi connectivity index (χ2v) is 7.23. The van der Waals surface area contributed by atoms with Gasteiger partial charge in [0.1, 0.15) is 0 Å². The third-order valence-electron chi connectivity index (χ3n) is 3.00. The predicted molar refractivity (Wildman–Crippen MR) is 93.4 cm³/mol. The zero-order valence-electron chi connectivity index (χ0n) is 12.7. The smallest absolute Gasteiger partial charge is 0.315 e. The average Bonchev–Trinajstić information content (AvgIpc) is 2.56. The number of aromatic hydroxyl groups is 1. The maximum absolute atomic E-state index is 12.1. The molecule has 0 atom stereocenters. The van der Waals surface area contributed by atoms with Crippen molar-refractivity contribution in [3.63, 3.8) is 0 Å². The molecule has 0 aliphatic carbocycles. The Morgan fingerprint density at radius 1 is 1.32 bits per heavy atom. The molecule has 11 heteroatoms. The van der Waals surface area contributed by atoms with Crippen LogP contribution in [-0.4, -0.2) is 31.8 Å². The molecule has 0 spiro atoms. The van der Waals surface area contributed by atoms with Crippen LogP contribution in [0.5, 0.6) is 11.5 Å². The van der Waals surface area contributed by atoms with Crippen LogP contribution >= 0.6 is 15.9 Å². The molecule has 0 amide bonds. The first-order valence-corrected chi connectivity index (χ1v) is 8.88. The zero-order chi connectivity index (χ0) is 18.6. The molecule has 0 aromatic heterocycles. The molecule has 0 fully saturated rings. The number of phenols is 1. The van der Waals surface area contributed by atoms with Crippen LogP contribution in [0.2, 0.25) is 0 Å². The molecule has 0 radical (unpaired) electrons. The van der Waals surface area contributed by atoms with Crippen LogP contribution in [0.15, 0.2) is 50.9 Å². The van der Waals surface area contributed by atoms with Gasteiger partial charge in [-0.3, -0.25) is 10.1 Å². The molecule has 0 heterocycles. The third kappa shape index (κ3) is 4.45. The van der Waals surface area contributed by atoms with Crippen molar-refractivity contribution >= 4 is 37.9 Å². The lowest BCUT2D eigenvalue weighted by Gasteiger charge is -2.05. The fourth-order valence-corrected chi connectivity index (χ4v) is 2.88. The first-order valence-electron chi connectivity index (χ1n) is 6.60. The number of methoxy groups -OCH3 is 1. The lowest BCUT2D eigenvalue weighted by molar-refractivity contribution is -0.386. The summed E-state index contributed by atoms with van der Waals surface area (Å²) in [4.78, 5) is 12.1. The van der Waals surface area contributed by atoms with E-state index in [2.05, 4.69) is 21.0 Å². The molecule has 0 aliphatic rings. The summed E-state index contributed by atoms with van der Waals surface area (Å²) >= 11 is 3.20. The molecular weight excluding hydrogens is 418 g/mol. The third-order valence-corrected chi connectivity index (χ3v) is 4.77. The summed E-state index contributed by atoms with van der Waals surface area (Å²) in [6.45, 7) is 0. The number of sulfonamides is 1. The van der Waals surface area contributed by atoms with Gasteiger partial charge in [-0.15, -0.1) is 0 Å². The molecule has 132 valence electrons. The van der Waals surface area contributed by atoms with E-state index in [0.29, 0.717) is 0 Å². The van der Waals surface area contributed by atoms with E-state index in [1.54, 1.807) is 12.1 Å². The average molecular weight is 430 g/mol. The second kappa shape index (κ2) is 7.49. The molecule has 2 N–H and O–H groups in total. The van der Waals surface area contributed by atoms with E-state index in [1.165, 1.54) is 25.3 Å². The Bertz CT molecular complexity index is 928. The predicted octanol–water partition coefficient (Wildman–Crippen LogP) is 2.38. The SMILES string of the molecule is COc1cc(/C=N\NS(=O)(=O)c2ccc(Br)cc2)cc([N+](=O)[O-])c1O. The Hall–Kier alpha value is -2.66. The molecule has 2 rings (SSSR count). The van der Waals surface area contributed by atoms with Gasteiger partial charge in [0.05, 0.1) is 23.1 Å². The van der Waals surface area contributed by atoms with Crippen molar-refractivity contribution in [2.45, 2.75) is 4.90 Å².